The normalized spacial score (nSPS) is 10.6. The molecule has 0 aliphatic rings. The van der Waals surface area contributed by atoms with E-state index >= 15 is 0 Å². The minimum absolute atomic E-state index is 0.0518. The SMILES string of the molecule is CCCc1nn(C)c(NCc2ncc[nH]2)c1[N+](=O)[O-]. The lowest BCUT2D eigenvalue weighted by molar-refractivity contribution is -0.384. The Balaban J connectivity index is 2.25. The molecule has 0 saturated heterocycles. The number of imidazole rings is 1. The van der Waals surface area contributed by atoms with E-state index in [1.165, 1.54) is 4.68 Å². The van der Waals surface area contributed by atoms with Crippen molar-refractivity contribution < 1.29 is 4.92 Å². The minimum Gasteiger partial charge on any atom is -0.357 e. The number of hydrogen-bond acceptors (Lipinski definition) is 5. The average molecular weight is 264 g/mol. The average Bonchev–Trinajstić information content (AvgIpc) is 2.95. The molecule has 2 N–H and O–H groups in total. The van der Waals surface area contributed by atoms with Crippen LogP contribution in [0.5, 0.6) is 0 Å². The van der Waals surface area contributed by atoms with Crippen molar-refractivity contribution in [3.05, 3.63) is 34.0 Å². The number of H-pyrrole nitrogens is 1. The fraction of sp³-hybridized carbons (Fsp3) is 0.455. The summed E-state index contributed by atoms with van der Waals surface area (Å²) in [5.41, 5.74) is 0.563. The van der Waals surface area contributed by atoms with Crippen molar-refractivity contribution in [3.63, 3.8) is 0 Å². The van der Waals surface area contributed by atoms with Crippen LogP contribution in [0.15, 0.2) is 12.4 Å². The molecule has 2 aromatic heterocycles. The van der Waals surface area contributed by atoms with E-state index in [9.17, 15) is 10.1 Å². The van der Waals surface area contributed by atoms with Crippen LogP contribution >= 0.6 is 0 Å². The molecule has 0 aliphatic heterocycles. The van der Waals surface area contributed by atoms with Crippen LogP contribution in [0.2, 0.25) is 0 Å². The highest BCUT2D eigenvalue weighted by Crippen LogP contribution is 2.29. The summed E-state index contributed by atoms with van der Waals surface area (Å²) in [5, 5.41) is 18.4. The van der Waals surface area contributed by atoms with Gasteiger partial charge in [-0.1, -0.05) is 13.3 Å². The Kier molecular flexibility index (Phi) is 3.79. The van der Waals surface area contributed by atoms with Gasteiger partial charge in [0.25, 0.3) is 0 Å². The third-order valence-electron chi connectivity index (χ3n) is 2.74. The molecule has 0 amide bonds. The molecule has 0 aliphatic carbocycles. The summed E-state index contributed by atoms with van der Waals surface area (Å²) < 4.78 is 1.51. The van der Waals surface area contributed by atoms with Gasteiger partial charge < -0.3 is 10.3 Å². The van der Waals surface area contributed by atoms with E-state index < -0.39 is 0 Å². The van der Waals surface area contributed by atoms with Gasteiger partial charge in [-0.2, -0.15) is 5.10 Å². The van der Waals surface area contributed by atoms with Crippen LogP contribution in [0.3, 0.4) is 0 Å². The molecule has 0 unspecified atom stereocenters. The van der Waals surface area contributed by atoms with Crippen LogP contribution in [-0.2, 0) is 20.0 Å². The summed E-state index contributed by atoms with van der Waals surface area (Å²) in [5.74, 6) is 1.12. The quantitative estimate of drug-likeness (QED) is 0.609. The van der Waals surface area contributed by atoms with Crippen LogP contribution in [0.1, 0.15) is 24.9 Å². The lowest BCUT2D eigenvalue weighted by Gasteiger charge is -2.03. The van der Waals surface area contributed by atoms with Gasteiger partial charge in [-0.15, -0.1) is 0 Å². The standard InChI is InChI=1S/C11H16N6O2/c1-3-4-8-10(17(18)19)11(16(2)15-8)14-7-9-12-5-6-13-9/h5-6,14H,3-4,7H2,1-2H3,(H,12,13). The second-order valence-electron chi connectivity index (χ2n) is 4.16. The zero-order chi connectivity index (χ0) is 13.8. The molecular formula is C11H16N6O2. The van der Waals surface area contributed by atoms with E-state index in [2.05, 4.69) is 20.4 Å². The zero-order valence-corrected chi connectivity index (χ0v) is 10.9. The Morgan fingerprint density at radius 2 is 2.37 bits per heavy atom. The van der Waals surface area contributed by atoms with Gasteiger partial charge in [0.2, 0.25) is 5.82 Å². The molecule has 0 radical (unpaired) electrons. The molecule has 8 nitrogen and oxygen atoms in total. The molecule has 2 rings (SSSR count). The van der Waals surface area contributed by atoms with E-state index in [4.69, 9.17) is 0 Å². The first-order valence-corrected chi connectivity index (χ1v) is 6.05. The number of nitrogens with zero attached hydrogens (tertiary/aromatic N) is 4. The van der Waals surface area contributed by atoms with Crippen LogP contribution in [0.4, 0.5) is 11.5 Å². The first-order valence-electron chi connectivity index (χ1n) is 6.05. The fourth-order valence-electron chi connectivity index (χ4n) is 1.93. The highest BCUT2D eigenvalue weighted by atomic mass is 16.6. The van der Waals surface area contributed by atoms with E-state index in [1.54, 1.807) is 19.4 Å². The third kappa shape index (κ3) is 2.72. The molecule has 0 fully saturated rings. The molecule has 0 saturated carbocycles. The first-order chi connectivity index (χ1) is 9.13. The van der Waals surface area contributed by atoms with Crippen molar-refractivity contribution in [3.8, 4) is 0 Å². The van der Waals surface area contributed by atoms with Gasteiger partial charge in [-0.05, 0) is 6.42 Å². The number of nitro groups is 1. The van der Waals surface area contributed by atoms with E-state index in [0.717, 1.165) is 6.42 Å². The number of anilines is 1. The lowest BCUT2D eigenvalue weighted by atomic mass is 10.2. The molecule has 0 atom stereocenters. The van der Waals surface area contributed by atoms with Crippen LogP contribution in [-0.4, -0.2) is 24.7 Å². The number of aryl methyl sites for hydroxylation is 2. The maximum atomic E-state index is 11.2. The van der Waals surface area contributed by atoms with Crippen molar-refractivity contribution in [1.29, 1.82) is 0 Å². The third-order valence-corrected chi connectivity index (χ3v) is 2.74. The monoisotopic (exact) mass is 264 g/mol. The Hall–Kier alpha value is -2.38. The van der Waals surface area contributed by atoms with E-state index in [0.29, 0.717) is 30.3 Å². The largest absolute Gasteiger partial charge is 0.357 e. The van der Waals surface area contributed by atoms with E-state index in [1.807, 2.05) is 6.92 Å². The summed E-state index contributed by atoms with van der Waals surface area (Å²) in [6, 6.07) is 0. The van der Waals surface area contributed by atoms with Gasteiger partial charge in [0.1, 0.15) is 11.5 Å². The lowest BCUT2D eigenvalue weighted by Crippen LogP contribution is -2.07. The van der Waals surface area contributed by atoms with E-state index in [-0.39, 0.29) is 10.6 Å². The number of rotatable bonds is 6. The van der Waals surface area contributed by atoms with Crippen molar-refractivity contribution in [2.75, 3.05) is 5.32 Å². The highest BCUT2D eigenvalue weighted by molar-refractivity contribution is 5.59. The van der Waals surface area contributed by atoms with Crippen molar-refractivity contribution >= 4 is 11.5 Å². The van der Waals surface area contributed by atoms with Crippen molar-refractivity contribution in [1.82, 2.24) is 19.7 Å². The Bertz CT molecular complexity index is 560. The van der Waals surface area contributed by atoms with Gasteiger partial charge in [0.15, 0.2) is 0 Å². The number of nitrogens with one attached hydrogen (secondary N) is 2. The predicted octanol–water partition coefficient (Wildman–Crippen LogP) is 1.62. The zero-order valence-electron chi connectivity index (χ0n) is 10.9. The van der Waals surface area contributed by atoms with Crippen molar-refractivity contribution in [2.24, 2.45) is 7.05 Å². The molecule has 2 aromatic rings. The molecule has 0 bridgehead atoms. The molecule has 2 heterocycles. The van der Waals surface area contributed by atoms with Gasteiger partial charge in [-0.25, -0.2) is 9.67 Å². The summed E-state index contributed by atoms with van der Waals surface area (Å²) in [4.78, 5) is 17.8. The molecule has 8 heteroatoms. The Labute approximate surface area is 110 Å². The number of aromatic nitrogens is 4. The highest BCUT2D eigenvalue weighted by Gasteiger charge is 2.25. The second-order valence-corrected chi connectivity index (χ2v) is 4.16. The number of hydrogen-bond donors (Lipinski definition) is 2. The summed E-state index contributed by atoms with van der Waals surface area (Å²) >= 11 is 0. The maximum absolute atomic E-state index is 11.2. The number of aromatic amines is 1. The molecular weight excluding hydrogens is 248 g/mol. The Morgan fingerprint density at radius 1 is 1.58 bits per heavy atom. The topological polar surface area (TPSA) is 102 Å². The minimum atomic E-state index is -0.386. The Morgan fingerprint density at radius 3 is 2.95 bits per heavy atom. The summed E-state index contributed by atoms with van der Waals surface area (Å²) in [6.07, 6.45) is 4.75. The molecule has 0 aromatic carbocycles. The predicted molar refractivity (Wildman–Crippen MR) is 69.8 cm³/mol. The molecule has 102 valence electrons. The van der Waals surface area contributed by atoms with Gasteiger partial charge in [-0.3, -0.25) is 10.1 Å². The van der Waals surface area contributed by atoms with Crippen LogP contribution in [0.25, 0.3) is 0 Å². The second kappa shape index (κ2) is 5.51. The summed E-state index contributed by atoms with van der Waals surface area (Å²) in [6.45, 7) is 2.35. The fourth-order valence-corrected chi connectivity index (χ4v) is 1.93. The first kappa shape index (κ1) is 13.1. The van der Waals surface area contributed by atoms with Crippen LogP contribution < -0.4 is 5.32 Å². The summed E-state index contributed by atoms with van der Waals surface area (Å²) in [7, 11) is 1.69. The smallest absolute Gasteiger partial charge is 0.334 e. The van der Waals surface area contributed by atoms with Gasteiger partial charge >= 0.3 is 5.69 Å². The molecule has 0 spiro atoms. The van der Waals surface area contributed by atoms with Crippen molar-refractivity contribution in [2.45, 2.75) is 26.3 Å². The molecule has 19 heavy (non-hydrogen) atoms. The maximum Gasteiger partial charge on any atom is 0.334 e. The van der Waals surface area contributed by atoms with Gasteiger partial charge in [0.05, 0.1) is 11.5 Å². The van der Waals surface area contributed by atoms with Crippen LogP contribution in [0, 0.1) is 10.1 Å². The van der Waals surface area contributed by atoms with Gasteiger partial charge in [0, 0.05) is 19.4 Å².